The molecule has 2 rings (SSSR count). The Balaban J connectivity index is 2.61. The number of aldehydes is 1. The van der Waals surface area contributed by atoms with Gasteiger partial charge in [-0.1, -0.05) is 25.1 Å². The summed E-state index contributed by atoms with van der Waals surface area (Å²) in [5.74, 6) is 0. The molecule has 16 heavy (non-hydrogen) atoms. The standard InChI is InChI=1S/C14H15NO/c1-3-11(10-16)8-12-9-15(2)14-7-5-4-6-13(12)14/h4-10H,3H2,1-2H3/b11-8-. The molecule has 0 aliphatic carbocycles. The molecule has 1 heterocycles. The fourth-order valence-electron chi connectivity index (χ4n) is 1.91. The van der Waals surface area contributed by atoms with Gasteiger partial charge in [0.15, 0.2) is 0 Å². The van der Waals surface area contributed by atoms with Gasteiger partial charge in [-0.05, 0) is 24.1 Å². The Morgan fingerprint density at radius 3 is 2.81 bits per heavy atom. The molecule has 0 atom stereocenters. The summed E-state index contributed by atoms with van der Waals surface area (Å²) in [6, 6.07) is 8.21. The number of carbonyl (C=O) groups excluding carboxylic acids is 1. The van der Waals surface area contributed by atoms with E-state index in [-0.39, 0.29) is 0 Å². The number of nitrogens with zero attached hydrogens (tertiary/aromatic N) is 1. The van der Waals surface area contributed by atoms with E-state index in [1.165, 1.54) is 10.9 Å². The molecule has 0 radical (unpaired) electrons. The number of hydrogen-bond donors (Lipinski definition) is 0. The molecule has 1 aromatic heterocycles. The van der Waals surface area contributed by atoms with Gasteiger partial charge in [-0.3, -0.25) is 4.79 Å². The highest BCUT2D eigenvalue weighted by atomic mass is 16.1. The molecule has 82 valence electrons. The SMILES string of the molecule is CC/C(C=O)=C/c1cn(C)c2ccccc12. The van der Waals surface area contributed by atoms with Crippen LogP contribution >= 0.6 is 0 Å². The normalized spacial score (nSPS) is 12.0. The van der Waals surface area contributed by atoms with Crippen molar-refractivity contribution in [1.29, 1.82) is 0 Å². The third-order valence-electron chi connectivity index (χ3n) is 2.83. The van der Waals surface area contributed by atoms with Gasteiger partial charge < -0.3 is 4.57 Å². The van der Waals surface area contributed by atoms with E-state index in [1.807, 2.05) is 32.2 Å². The average molecular weight is 213 g/mol. The van der Waals surface area contributed by atoms with E-state index in [2.05, 4.69) is 22.9 Å². The Kier molecular flexibility index (Phi) is 2.91. The minimum absolute atomic E-state index is 0.771. The Hall–Kier alpha value is -1.83. The average Bonchev–Trinajstić information content (AvgIpc) is 2.64. The first kappa shape index (κ1) is 10.7. The van der Waals surface area contributed by atoms with Crippen molar-refractivity contribution >= 4 is 23.3 Å². The number of benzene rings is 1. The van der Waals surface area contributed by atoms with Gasteiger partial charge >= 0.3 is 0 Å². The van der Waals surface area contributed by atoms with Crippen molar-refractivity contribution in [3.63, 3.8) is 0 Å². The van der Waals surface area contributed by atoms with Gasteiger partial charge in [-0.15, -0.1) is 0 Å². The van der Waals surface area contributed by atoms with Crippen LogP contribution < -0.4 is 0 Å². The number of hydrogen-bond acceptors (Lipinski definition) is 1. The van der Waals surface area contributed by atoms with Crippen LogP contribution in [0.3, 0.4) is 0 Å². The number of carbonyl (C=O) groups is 1. The third-order valence-corrected chi connectivity index (χ3v) is 2.83. The smallest absolute Gasteiger partial charge is 0.146 e. The predicted molar refractivity (Wildman–Crippen MR) is 67.3 cm³/mol. The summed E-state index contributed by atoms with van der Waals surface area (Å²) in [5.41, 5.74) is 3.13. The monoisotopic (exact) mass is 213 g/mol. The number of rotatable bonds is 3. The second kappa shape index (κ2) is 4.35. The molecule has 0 spiro atoms. The molecule has 1 aromatic carbocycles. The van der Waals surface area contributed by atoms with Gasteiger partial charge in [0.05, 0.1) is 0 Å². The first-order valence-corrected chi connectivity index (χ1v) is 5.46. The van der Waals surface area contributed by atoms with Crippen LogP contribution in [0.1, 0.15) is 18.9 Å². The van der Waals surface area contributed by atoms with Crippen molar-refractivity contribution in [2.75, 3.05) is 0 Å². The molecular formula is C14H15NO. The van der Waals surface area contributed by atoms with Crippen molar-refractivity contribution in [3.8, 4) is 0 Å². The topological polar surface area (TPSA) is 22.0 Å². The molecule has 0 saturated heterocycles. The highest BCUT2D eigenvalue weighted by molar-refractivity contribution is 5.93. The van der Waals surface area contributed by atoms with Gasteiger partial charge in [0.1, 0.15) is 6.29 Å². The Bertz CT molecular complexity index is 549. The zero-order valence-corrected chi connectivity index (χ0v) is 9.60. The number of fused-ring (bicyclic) bond motifs is 1. The van der Waals surface area contributed by atoms with E-state index in [9.17, 15) is 4.79 Å². The lowest BCUT2D eigenvalue weighted by Gasteiger charge is -1.94. The second-order valence-electron chi connectivity index (χ2n) is 3.90. The molecule has 0 aliphatic rings. The summed E-state index contributed by atoms with van der Waals surface area (Å²) in [7, 11) is 2.02. The molecule has 2 aromatic rings. The summed E-state index contributed by atoms with van der Waals surface area (Å²) in [4.78, 5) is 10.8. The van der Waals surface area contributed by atoms with Crippen LogP contribution in [0.25, 0.3) is 17.0 Å². The zero-order valence-electron chi connectivity index (χ0n) is 9.60. The van der Waals surface area contributed by atoms with Gasteiger partial charge in [0.2, 0.25) is 0 Å². The summed E-state index contributed by atoms with van der Waals surface area (Å²) in [5, 5.41) is 1.19. The molecule has 0 aliphatic heterocycles. The minimum Gasteiger partial charge on any atom is -0.350 e. The molecule has 0 saturated carbocycles. The van der Waals surface area contributed by atoms with Crippen LogP contribution in [-0.2, 0) is 11.8 Å². The van der Waals surface area contributed by atoms with Crippen molar-refractivity contribution in [2.45, 2.75) is 13.3 Å². The molecule has 0 amide bonds. The number of allylic oxidation sites excluding steroid dienone is 1. The summed E-state index contributed by atoms with van der Waals surface area (Å²) in [6.45, 7) is 1.99. The van der Waals surface area contributed by atoms with E-state index >= 15 is 0 Å². The van der Waals surface area contributed by atoms with E-state index in [4.69, 9.17) is 0 Å². The molecule has 2 heteroatoms. The van der Waals surface area contributed by atoms with Crippen molar-refractivity contribution in [1.82, 2.24) is 4.57 Å². The lowest BCUT2D eigenvalue weighted by molar-refractivity contribution is -0.104. The summed E-state index contributed by atoms with van der Waals surface area (Å²) < 4.78 is 2.08. The maximum atomic E-state index is 10.8. The van der Waals surface area contributed by atoms with Crippen LogP contribution in [0.4, 0.5) is 0 Å². The van der Waals surface area contributed by atoms with Crippen LogP contribution in [0.5, 0.6) is 0 Å². The number of aryl methyl sites for hydroxylation is 1. The molecule has 0 N–H and O–H groups in total. The quantitative estimate of drug-likeness (QED) is 0.567. The van der Waals surface area contributed by atoms with Crippen molar-refractivity contribution in [3.05, 3.63) is 41.6 Å². The molecule has 0 fully saturated rings. The minimum atomic E-state index is 0.771. The highest BCUT2D eigenvalue weighted by Crippen LogP contribution is 2.22. The maximum Gasteiger partial charge on any atom is 0.146 e. The Morgan fingerprint density at radius 2 is 2.12 bits per heavy atom. The Morgan fingerprint density at radius 1 is 1.38 bits per heavy atom. The summed E-state index contributed by atoms with van der Waals surface area (Å²) in [6.07, 6.45) is 5.73. The fraction of sp³-hybridized carbons (Fsp3) is 0.214. The van der Waals surface area contributed by atoms with Gasteiger partial charge in [-0.2, -0.15) is 0 Å². The predicted octanol–water partition coefficient (Wildman–Crippen LogP) is 3.17. The highest BCUT2D eigenvalue weighted by Gasteiger charge is 2.03. The van der Waals surface area contributed by atoms with Crippen LogP contribution in [0, 0.1) is 0 Å². The van der Waals surface area contributed by atoms with E-state index in [1.54, 1.807) is 0 Å². The molecule has 0 bridgehead atoms. The largest absolute Gasteiger partial charge is 0.350 e. The molecule has 0 unspecified atom stereocenters. The van der Waals surface area contributed by atoms with E-state index in [0.29, 0.717) is 0 Å². The number of aromatic nitrogens is 1. The Labute approximate surface area is 95.2 Å². The van der Waals surface area contributed by atoms with Crippen molar-refractivity contribution < 1.29 is 4.79 Å². The van der Waals surface area contributed by atoms with E-state index < -0.39 is 0 Å². The lowest BCUT2D eigenvalue weighted by Crippen LogP contribution is -1.82. The van der Waals surface area contributed by atoms with Gasteiger partial charge in [0.25, 0.3) is 0 Å². The first-order chi connectivity index (χ1) is 7.76. The number of para-hydroxylation sites is 1. The van der Waals surface area contributed by atoms with Crippen LogP contribution in [0.15, 0.2) is 36.0 Å². The van der Waals surface area contributed by atoms with Gasteiger partial charge in [0, 0.05) is 29.7 Å². The van der Waals surface area contributed by atoms with Crippen LogP contribution in [0.2, 0.25) is 0 Å². The second-order valence-corrected chi connectivity index (χ2v) is 3.90. The molecule has 2 nitrogen and oxygen atoms in total. The van der Waals surface area contributed by atoms with Crippen molar-refractivity contribution in [2.24, 2.45) is 7.05 Å². The maximum absolute atomic E-state index is 10.8. The lowest BCUT2D eigenvalue weighted by atomic mass is 10.1. The van der Waals surface area contributed by atoms with Crippen LogP contribution in [-0.4, -0.2) is 10.9 Å². The van der Waals surface area contributed by atoms with E-state index in [0.717, 1.165) is 23.8 Å². The zero-order chi connectivity index (χ0) is 11.5. The third kappa shape index (κ3) is 1.78. The fourth-order valence-corrected chi connectivity index (χ4v) is 1.91. The molecular weight excluding hydrogens is 198 g/mol. The first-order valence-electron chi connectivity index (χ1n) is 5.46. The summed E-state index contributed by atoms with van der Waals surface area (Å²) >= 11 is 0. The van der Waals surface area contributed by atoms with Gasteiger partial charge in [-0.25, -0.2) is 0 Å².